The SMILES string of the molecule is CNS(=O)(=O)Cc1ccc(CNC(=O)Cc2cccc3cccnc23)cc1. The number of pyridine rings is 1. The average Bonchev–Trinajstić information content (AvgIpc) is 2.67. The van der Waals surface area contributed by atoms with Crippen molar-refractivity contribution >= 4 is 26.8 Å². The zero-order valence-electron chi connectivity index (χ0n) is 15.0. The fourth-order valence-corrected chi connectivity index (χ4v) is 3.57. The Morgan fingerprint density at radius 3 is 2.44 bits per heavy atom. The van der Waals surface area contributed by atoms with Crippen LogP contribution in [0.4, 0.5) is 0 Å². The number of fused-ring (bicyclic) bond motifs is 1. The van der Waals surface area contributed by atoms with Gasteiger partial charge in [0.05, 0.1) is 17.7 Å². The van der Waals surface area contributed by atoms with Crippen molar-refractivity contribution in [2.45, 2.75) is 18.7 Å². The van der Waals surface area contributed by atoms with Gasteiger partial charge in [0.2, 0.25) is 15.9 Å². The fourth-order valence-electron chi connectivity index (χ4n) is 2.79. The average molecular weight is 383 g/mol. The lowest BCUT2D eigenvalue weighted by molar-refractivity contribution is -0.120. The molecule has 0 bridgehead atoms. The van der Waals surface area contributed by atoms with Crippen molar-refractivity contribution in [2.24, 2.45) is 0 Å². The first-order valence-corrected chi connectivity index (χ1v) is 10.2. The molecule has 0 aliphatic carbocycles. The molecule has 7 heteroatoms. The third kappa shape index (κ3) is 5.12. The predicted molar refractivity (Wildman–Crippen MR) is 105 cm³/mol. The zero-order chi connectivity index (χ0) is 19.3. The van der Waals surface area contributed by atoms with Crippen LogP contribution in [0.3, 0.4) is 0 Å². The van der Waals surface area contributed by atoms with Crippen LogP contribution in [0.25, 0.3) is 10.9 Å². The van der Waals surface area contributed by atoms with Crippen LogP contribution in [0.15, 0.2) is 60.8 Å². The molecule has 140 valence electrons. The Morgan fingerprint density at radius 1 is 1.00 bits per heavy atom. The first-order chi connectivity index (χ1) is 13.0. The molecule has 2 N–H and O–H groups in total. The topological polar surface area (TPSA) is 88.2 Å². The minimum Gasteiger partial charge on any atom is -0.352 e. The van der Waals surface area contributed by atoms with Gasteiger partial charge in [0.25, 0.3) is 0 Å². The first-order valence-electron chi connectivity index (χ1n) is 8.55. The zero-order valence-corrected chi connectivity index (χ0v) is 15.8. The molecule has 27 heavy (non-hydrogen) atoms. The summed E-state index contributed by atoms with van der Waals surface area (Å²) in [6.07, 6.45) is 1.98. The number of hydrogen-bond acceptors (Lipinski definition) is 4. The van der Waals surface area contributed by atoms with Crippen LogP contribution < -0.4 is 10.0 Å². The van der Waals surface area contributed by atoms with Gasteiger partial charge in [-0.15, -0.1) is 0 Å². The van der Waals surface area contributed by atoms with Crippen molar-refractivity contribution in [1.82, 2.24) is 15.0 Å². The quantitative estimate of drug-likeness (QED) is 0.654. The first kappa shape index (κ1) is 19.0. The molecular weight excluding hydrogens is 362 g/mol. The molecule has 3 rings (SSSR count). The minimum atomic E-state index is -3.29. The maximum atomic E-state index is 12.3. The van der Waals surface area contributed by atoms with Crippen molar-refractivity contribution in [3.8, 4) is 0 Å². The normalized spacial score (nSPS) is 11.4. The number of carbonyl (C=O) groups excluding carboxylic acids is 1. The smallest absolute Gasteiger partial charge is 0.224 e. The van der Waals surface area contributed by atoms with Gasteiger partial charge in [-0.3, -0.25) is 9.78 Å². The lowest BCUT2D eigenvalue weighted by atomic mass is 10.1. The summed E-state index contributed by atoms with van der Waals surface area (Å²) >= 11 is 0. The number of nitrogens with one attached hydrogen (secondary N) is 2. The van der Waals surface area contributed by atoms with E-state index in [1.165, 1.54) is 7.05 Å². The van der Waals surface area contributed by atoms with E-state index in [4.69, 9.17) is 0 Å². The highest BCUT2D eigenvalue weighted by molar-refractivity contribution is 7.88. The Morgan fingerprint density at radius 2 is 1.70 bits per heavy atom. The van der Waals surface area contributed by atoms with Gasteiger partial charge in [-0.2, -0.15) is 0 Å². The molecule has 0 spiro atoms. The van der Waals surface area contributed by atoms with Crippen LogP contribution >= 0.6 is 0 Å². The lowest BCUT2D eigenvalue weighted by Gasteiger charge is -2.08. The van der Waals surface area contributed by atoms with E-state index in [0.29, 0.717) is 12.1 Å². The number of rotatable bonds is 7. The van der Waals surface area contributed by atoms with E-state index in [1.807, 2.05) is 42.5 Å². The molecule has 6 nitrogen and oxygen atoms in total. The number of benzene rings is 2. The van der Waals surface area contributed by atoms with Gasteiger partial charge in [-0.1, -0.05) is 48.5 Å². The molecular formula is C20H21N3O3S. The molecule has 0 unspecified atom stereocenters. The van der Waals surface area contributed by atoms with E-state index in [9.17, 15) is 13.2 Å². The van der Waals surface area contributed by atoms with E-state index >= 15 is 0 Å². The summed E-state index contributed by atoms with van der Waals surface area (Å²) in [4.78, 5) is 16.7. The maximum Gasteiger partial charge on any atom is 0.224 e. The molecule has 0 aliphatic rings. The van der Waals surface area contributed by atoms with Crippen LogP contribution in [-0.4, -0.2) is 26.4 Å². The standard InChI is InChI=1S/C20H21N3O3S/c1-21-27(25,26)14-16-9-7-15(8-10-16)13-23-19(24)12-18-5-2-4-17-6-3-11-22-20(17)18/h2-11,21H,12-14H2,1H3,(H,23,24). The van der Waals surface area contributed by atoms with E-state index < -0.39 is 10.0 Å². The Bertz CT molecular complexity index is 1040. The van der Waals surface area contributed by atoms with Crippen LogP contribution in [0, 0.1) is 0 Å². The number of para-hydroxylation sites is 1. The number of carbonyl (C=O) groups is 1. The molecule has 0 saturated carbocycles. The lowest BCUT2D eigenvalue weighted by Crippen LogP contribution is -2.24. The molecule has 0 saturated heterocycles. The Hall–Kier alpha value is -2.77. The van der Waals surface area contributed by atoms with Crippen LogP contribution in [-0.2, 0) is 33.5 Å². The summed E-state index contributed by atoms with van der Waals surface area (Å²) in [6, 6.07) is 16.8. The number of hydrogen-bond donors (Lipinski definition) is 2. The second kappa shape index (κ2) is 8.28. The molecule has 2 aromatic carbocycles. The van der Waals surface area contributed by atoms with Gasteiger partial charge in [0, 0.05) is 18.1 Å². The summed E-state index contributed by atoms with van der Waals surface area (Å²) in [6.45, 7) is 0.385. The van der Waals surface area contributed by atoms with E-state index in [1.54, 1.807) is 18.3 Å². The molecule has 0 atom stereocenters. The van der Waals surface area contributed by atoms with Gasteiger partial charge in [0.15, 0.2) is 0 Å². The van der Waals surface area contributed by atoms with E-state index in [0.717, 1.165) is 22.0 Å². The second-order valence-electron chi connectivity index (χ2n) is 6.23. The van der Waals surface area contributed by atoms with Crippen molar-refractivity contribution in [1.29, 1.82) is 0 Å². The van der Waals surface area contributed by atoms with Crippen molar-refractivity contribution in [3.05, 3.63) is 77.5 Å². The summed E-state index contributed by atoms with van der Waals surface area (Å²) in [7, 11) is -1.90. The summed E-state index contributed by atoms with van der Waals surface area (Å²) < 4.78 is 25.4. The highest BCUT2D eigenvalue weighted by atomic mass is 32.2. The maximum absolute atomic E-state index is 12.3. The highest BCUT2D eigenvalue weighted by Gasteiger charge is 2.09. The van der Waals surface area contributed by atoms with Crippen LogP contribution in [0.2, 0.25) is 0 Å². The van der Waals surface area contributed by atoms with Crippen molar-refractivity contribution in [3.63, 3.8) is 0 Å². The third-order valence-electron chi connectivity index (χ3n) is 4.25. The number of aromatic nitrogens is 1. The van der Waals surface area contributed by atoms with Gasteiger partial charge in [0.1, 0.15) is 0 Å². The molecule has 1 amide bonds. The monoisotopic (exact) mass is 383 g/mol. The third-order valence-corrected chi connectivity index (χ3v) is 5.58. The number of sulfonamides is 1. The summed E-state index contributed by atoms with van der Waals surface area (Å²) in [5.74, 6) is -0.153. The fraction of sp³-hybridized carbons (Fsp3) is 0.200. The molecule has 1 aromatic heterocycles. The van der Waals surface area contributed by atoms with Crippen molar-refractivity contribution in [2.75, 3.05) is 7.05 Å². The van der Waals surface area contributed by atoms with Crippen molar-refractivity contribution < 1.29 is 13.2 Å². The summed E-state index contributed by atoms with van der Waals surface area (Å²) in [5, 5.41) is 3.90. The number of nitrogens with zero attached hydrogens (tertiary/aromatic N) is 1. The van der Waals surface area contributed by atoms with Crippen LogP contribution in [0.1, 0.15) is 16.7 Å². The second-order valence-corrected chi connectivity index (χ2v) is 8.15. The largest absolute Gasteiger partial charge is 0.352 e. The van der Waals surface area contributed by atoms with Gasteiger partial charge in [-0.05, 0) is 29.8 Å². The van der Waals surface area contributed by atoms with Gasteiger partial charge in [-0.25, -0.2) is 13.1 Å². The molecule has 0 aliphatic heterocycles. The Labute approximate surface area is 158 Å². The summed E-state index contributed by atoms with van der Waals surface area (Å²) in [5.41, 5.74) is 3.33. The van der Waals surface area contributed by atoms with Gasteiger partial charge < -0.3 is 5.32 Å². The highest BCUT2D eigenvalue weighted by Crippen LogP contribution is 2.16. The van der Waals surface area contributed by atoms with E-state index in [2.05, 4.69) is 15.0 Å². The molecule has 0 fully saturated rings. The predicted octanol–water partition coefficient (Wildman–Crippen LogP) is 2.14. The number of amides is 1. The minimum absolute atomic E-state index is 0.0653. The molecule has 3 aromatic rings. The Balaban J connectivity index is 1.59. The molecule has 0 radical (unpaired) electrons. The van der Waals surface area contributed by atoms with E-state index in [-0.39, 0.29) is 18.1 Å². The van der Waals surface area contributed by atoms with Gasteiger partial charge >= 0.3 is 0 Å². The Kier molecular flexibility index (Phi) is 5.83. The molecule has 1 heterocycles. The van der Waals surface area contributed by atoms with Crippen LogP contribution in [0.5, 0.6) is 0 Å².